The van der Waals surface area contributed by atoms with Crippen LogP contribution >= 0.6 is 11.8 Å². The number of nitrogens with one attached hydrogen (secondary N) is 2. The second-order valence-electron chi connectivity index (χ2n) is 5.90. The van der Waals surface area contributed by atoms with Crippen LogP contribution in [0.5, 0.6) is 11.5 Å². The van der Waals surface area contributed by atoms with Gasteiger partial charge in [0.15, 0.2) is 17.5 Å². The van der Waals surface area contributed by atoms with E-state index in [0.29, 0.717) is 31.1 Å². The molecule has 0 saturated heterocycles. The number of nitrogens with zero attached hydrogens (tertiary/aromatic N) is 1. The third-order valence-electron chi connectivity index (χ3n) is 3.82. The number of guanidine groups is 1. The Morgan fingerprint density at radius 2 is 2.03 bits per heavy atom. The Bertz CT molecular complexity index is 743. The van der Waals surface area contributed by atoms with Crippen LogP contribution in [-0.2, 0) is 13.0 Å². The van der Waals surface area contributed by atoms with Crippen molar-refractivity contribution < 1.29 is 22.7 Å². The van der Waals surface area contributed by atoms with Crippen LogP contribution in [0.1, 0.15) is 18.2 Å². The topological polar surface area (TPSA) is 68.0 Å². The molecule has 0 saturated carbocycles. The number of para-hydroxylation sites is 1. The molecule has 1 heterocycles. The third kappa shape index (κ3) is 8.23. The predicted molar refractivity (Wildman–Crippen MR) is 112 cm³/mol. The molecule has 0 unspecified atom stereocenters. The van der Waals surface area contributed by atoms with Gasteiger partial charge in [0.05, 0.1) is 19.4 Å². The molecule has 0 amide bonds. The number of ether oxygens (including phenoxy) is 2. The van der Waals surface area contributed by atoms with Crippen molar-refractivity contribution in [3.05, 3.63) is 47.9 Å². The molecule has 0 spiro atoms. The number of furan rings is 1. The second-order valence-corrected chi connectivity index (χ2v) is 6.88. The normalized spacial score (nSPS) is 11.6. The maximum absolute atomic E-state index is 12.9. The lowest BCUT2D eigenvalue weighted by atomic mass is 10.2. The van der Waals surface area contributed by atoms with E-state index in [9.17, 15) is 8.78 Å². The molecule has 160 valence electrons. The minimum Gasteiger partial charge on any atom is -0.490 e. The van der Waals surface area contributed by atoms with Crippen molar-refractivity contribution in [2.75, 3.05) is 31.7 Å². The maximum Gasteiger partial charge on any atom is 0.387 e. The highest BCUT2D eigenvalue weighted by molar-refractivity contribution is 7.98. The number of benzene rings is 1. The van der Waals surface area contributed by atoms with Gasteiger partial charge in [-0.2, -0.15) is 20.5 Å². The molecule has 2 aromatic rings. The van der Waals surface area contributed by atoms with Crippen molar-refractivity contribution in [2.24, 2.45) is 4.99 Å². The minimum absolute atomic E-state index is 0.0205. The average molecular weight is 428 g/mol. The van der Waals surface area contributed by atoms with E-state index in [-0.39, 0.29) is 18.0 Å². The molecule has 0 aliphatic carbocycles. The summed E-state index contributed by atoms with van der Waals surface area (Å²) >= 11 is 1.72. The molecular formula is C20H27F2N3O3S. The van der Waals surface area contributed by atoms with Gasteiger partial charge in [0.25, 0.3) is 0 Å². The molecular weight excluding hydrogens is 400 g/mol. The molecule has 0 fully saturated rings. The molecule has 2 N–H and O–H groups in total. The van der Waals surface area contributed by atoms with Crippen LogP contribution in [0.25, 0.3) is 0 Å². The van der Waals surface area contributed by atoms with E-state index in [0.717, 1.165) is 18.1 Å². The van der Waals surface area contributed by atoms with Gasteiger partial charge in [0, 0.05) is 30.8 Å². The van der Waals surface area contributed by atoms with Crippen molar-refractivity contribution in [2.45, 2.75) is 26.5 Å². The van der Waals surface area contributed by atoms with E-state index in [2.05, 4.69) is 15.6 Å². The molecule has 1 aromatic carbocycles. The Morgan fingerprint density at radius 3 is 2.72 bits per heavy atom. The van der Waals surface area contributed by atoms with E-state index in [4.69, 9.17) is 13.9 Å². The number of aliphatic imine (C=N–C) groups is 1. The smallest absolute Gasteiger partial charge is 0.387 e. The highest BCUT2D eigenvalue weighted by Gasteiger charge is 2.15. The summed E-state index contributed by atoms with van der Waals surface area (Å²) < 4.78 is 41.2. The number of alkyl halides is 2. The van der Waals surface area contributed by atoms with Gasteiger partial charge >= 0.3 is 6.61 Å². The number of rotatable bonds is 12. The first-order valence-electron chi connectivity index (χ1n) is 9.37. The predicted octanol–water partition coefficient (Wildman–Crippen LogP) is 3.92. The van der Waals surface area contributed by atoms with Gasteiger partial charge in [-0.3, -0.25) is 0 Å². The molecule has 29 heavy (non-hydrogen) atoms. The molecule has 0 bridgehead atoms. The van der Waals surface area contributed by atoms with Gasteiger partial charge in [-0.1, -0.05) is 12.1 Å². The largest absolute Gasteiger partial charge is 0.490 e. The van der Waals surface area contributed by atoms with Crippen molar-refractivity contribution in [1.29, 1.82) is 0 Å². The van der Waals surface area contributed by atoms with Gasteiger partial charge in [-0.05, 0) is 31.4 Å². The fourth-order valence-corrected chi connectivity index (χ4v) is 2.85. The van der Waals surface area contributed by atoms with Crippen LogP contribution in [-0.4, -0.2) is 44.3 Å². The van der Waals surface area contributed by atoms with Crippen LogP contribution in [0.2, 0.25) is 0 Å². The second kappa shape index (κ2) is 12.9. The van der Waals surface area contributed by atoms with Crippen LogP contribution in [0, 0.1) is 0 Å². The summed E-state index contributed by atoms with van der Waals surface area (Å²) in [4.78, 5) is 4.53. The first-order chi connectivity index (χ1) is 14.1. The zero-order chi connectivity index (χ0) is 20.9. The molecule has 2 rings (SSSR count). The third-order valence-corrected chi connectivity index (χ3v) is 4.43. The van der Waals surface area contributed by atoms with Crippen LogP contribution in [0.4, 0.5) is 8.78 Å². The SMILES string of the molecule is CCOc1cccc(CN=C(NCCSC)NCCc2ccco2)c1OC(F)F. The van der Waals surface area contributed by atoms with E-state index in [1.165, 1.54) is 0 Å². The van der Waals surface area contributed by atoms with Crippen LogP contribution in [0.15, 0.2) is 46.0 Å². The van der Waals surface area contributed by atoms with Gasteiger partial charge in [-0.25, -0.2) is 4.99 Å². The van der Waals surface area contributed by atoms with Crippen molar-refractivity contribution in [3.63, 3.8) is 0 Å². The number of hydrogen-bond acceptors (Lipinski definition) is 5. The summed E-state index contributed by atoms with van der Waals surface area (Å²) in [5.74, 6) is 2.68. The van der Waals surface area contributed by atoms with Crippen LogP contribution < -0.4 is 20.1 Å². The molecule has 0 aliphatic heterocycles. The highest BCUT2D eigenvalue weighted by Crippen LogP contribution is 2.33. The van der Waals surface area contributed by atoms with Crippen molar-refractivity contribution in [3.8, 4) is 11.5 Å². The summed E-state index contributed by atoms with van der Waals surface area (Å²) in [6.07, 6.45) is 4.36. The lowest BCUT2D eigenvalue weighted by Crippen LogP contribution is -2.39. The molecule has 0 atom stereocenters. The first-order valence-corrected chi connectivity index (χ1v) is 10.8. The first kappa shape index (κ1) is 22.9. The monoisotopic (exact) mass is 427 g/mol. The number of hydrogen-bond donors (Lipinski definition) is 2. The lowest BCUT2D eigenvalue weighted by molar-refractivity contribution is -0.0520. The zero-order valence-electron chi connectivity index (χ0n) is 16.6. The van der Waals surface area contributed by atoms with E-state index in [1.54, 1.807) is 43.1 Å². The Morgan fingerprint density at radius 1 is 1.21 bits per heavy atom. The standard InChI is InChI=1S/C20H27F2N3O3S/c1-3-26-17-8-4-6-15(18(17)28-19(21)22)14-25-20(24-11-13-29-2)23-10-9-16-7-5-12-27-16/h4-8,12,19H,3,9-11,13-14H2,1-2H3,(H2,23,24,25). The van der Waals surface area contributed by atoms with Crippen molar-refractivity contribution in [1.82, 2.24) is 10.6 Å². The lowest BCUT2D eigenvalue weighted by Gasteiger charge is -2.15. The Kier molecular flexibility index (Phi) is 10.2. The Balaban J connectivity index is 2.09. The van der Waals surface area contributed by atoms with E-state index >= 15 is 0 Å². The molecule has 6 nitrogen and oxygen atoms in total. The summed E-state index contributed by atoms with van der Waals surface area (Å²) in [6.45, 7) is 0.712. The fourth-order valence-electron chi connectivity index (χ4n) is 2.55. The van der Waals surface area contributed by atoms with Gasteiger partial charge < -0.3 is 24.5 Å². The van der Waals surface area contributed by atoms with Crippen LogP contribution in [0.3, 0.4) is 0 Å². The minimum atomic E-state index is -2.94. The fraction of sp³-hybridized carbons (Fsp3) is 0.450. The summed E-state index contributed by atoms with van der Waals surface area (Å²) in [7, 11) is 0. The van der Waals surface area contributed by atoms with Gasteiger partial charge in [0.2, 0.25) is 0 Å². The van der Waals surface area contributed by atoms with Crippen molar-refractivity contribution >= 4 is 17.7 Å². The summed E-state index contributed by atoms with van der Waals surface area (Å²) in [5, 5.41) is 6.47. The average Bonchev–Trinajstić information content (AvgIpc) is 3.21. The van der Waals surface area contributed by atoms with Gasteiger partial charge in [0.1, 0.15) is 5.76 Å². The number of thioether (sulfide) groups is 1. The summed E-state index contributed by atoms with van der Waals surface area (Å²) in [6, 6.07) is 8.79. The number of halogens is 2. The molecule has 1 aromatic heterocycles. The molecule has 9 heteroatoms. The molecule has 0 radical (unpaired) electrons. The Hall–Kier alpha value is -2.42. The quantitative estimate of drug-likeness (QED) is 0.304. The zero-order valence-corrected chi connectivity index (χ0v) is 17.4. The van der Waals surface area contributed by atoms with E-state index < -0.39 is 6.61 Å². The summed E-state index contributed by atoms with van der Waals surface area (Å²) in [5.41, 5.74) is 0.522. The van der Waals surface area contributed by atoms with Gasteiger partial charge in [-0.15, -0.1) is 0 Å². The molecule has 0 aliphatic rings. The van der Waals surface area contributed by atoms with E-state index in [1.807, 2.05) is 18.4 Å². The highest BCUT2D eigenvalue weighted by atomic mass is 32.2. The maximum atomic E-state index is 12.9. The Labute approximate surface area is 174 Å².